The number of thiophene rings is 1. The van der Waals surface area contributed by atoms with Gasteiger partial charge >= 0.3 is 0 Å². The quantitative estimate of drug-likeness (QED) is 0.874. The predicted molar refractivity (Wildman–Crippen MR) is 87.6 cm³/mol. The first kappa shape index (κ1) is 14.9. The molecule has 22 heavy (non-hydrogen) atoms. The molecule has 0 atom stereocenters. The molecule has 1 saturated heterocycles. The lowest BCUT2D eigenvalue weighted by Gasteiger charge is -2.26. The molecular formula is C15H18N4O2S. The summed E-state index contributed by atoms with van der Waals surface area (Å²) in [7, 11) is 0. The van der Waals surface area contributed by atoms with Gasteiger partial charge in [-0.25, -0.2) is 9.97 Å². The topological polar surface area (TPSA) is 67.4 Å². The predicted octanol–water partition coefficient (Wildman–Crippen LogP) is 2.07. The van der Waals surface area contributed by atoms with Crippen molar-refractivity contribution in [1.29, 1.82) is 0 Å². The number of anilines is 1. The van der Waals surface area contributed by atoms with Crippen molar-refractivity contribution in [1.82, 2.24) is 14.9 Å². The van der Waals surface area contributed by atoms with Crippen molar-refractivity contribution in [3.05, 3.63) is 29.4 Å². The molecular weight excluding hydrogens is 300 g/mol. The molecule has 1 N–H and O–H groups in total. The highest BCUT2D eigenvalue weighted by Gasteiger charge is 2.24. The minimum absolute atomic E-state index is 0.0541. The molecule has 116 valence electrons. The minimum Gasteiger partial charge on any atom is -0.378 e. The number of rotatable bonds is 4. The zero-order valence-electron chi connectivity index (χ0n) is 12.5. The molecule has 1 aliphatic rings. The summed E-state index contributed by atoms with van der Waals surface area (Å²) in [6, 6.07) is 0. The molecule has 3 heterocycles. The van der Waals surface area contributed by atoms with E-state index < -0.39 is 0 Å². The van der Waals surface area contributed by atoms with E-state index in [2.05, 4.69) is 21.9 Å². The first-order chi connectivity index (χ1) is 10.7. The first-order valence-corrected chi connectivity index (χ1v) is 8.00. The maximum absolute atomic E-state index is 12.7. The summed E-state index contributed by atoms with van der Waals surface area (Å²) in [5, 5.41) is 4.12. The van der Waals surface area contributed by atoms with Gasteiger partial charge in [-0.05, 0) is 12.5 Å². The summed E-state index contributed by atoms with van der Waals surface area (Å²) in [6.07, 6.45) is 3.29. The van der Waals surface area contributed by atoms with Crippen molar-refractivity contribution in [3.8, 4) is 0 Å². The van der Waals surface area contributed by atoms with Crippen molar-refractivity contribution in [3.63, 3.8) is 0 Å². The Labute approximate surface area is 132 Å². The lowest BCUT2D eigenvalue weighted by Crippen LogP contribution is -2.40. The summed E-state index contributed by atoms with van der Waals surface area (Å²) < 4.78 is 5.31. The number of fused-ring (bicyclic) bond motifs is 1. The van der Waals surface area contributed by atoms with Gasteiger partial charge in [-0.2, -0.15) is 0 Å². The molecule has 1 aliphatic heterocycles. The van der Waals surface area contributed by atoms with Crippen LogP contribution >= 0.6 is 11.3 Å². The largest absolute Gasteiger partial charge is 0.378 e. The van der Waals surface area contributed by atoms with Crippen molar-refractivity contribution in [2.75, 3.05) is 38.2 Å². The van der Waals surface area contributed by atoms with Crippen LogP contribution in [0, 0.1) is 6.92 Å². The number of ether oxygens (including phenoxy) is 1. The highest BCUT2D eigenvalue weighted by atomic mass is 32.1. The Hall–Kier alpha value is -1.99. The Kier molecular flexibility index (Phi) is 4.35. The molecule has 2 aromatic heterocycles. The van der Waals surface area contributed by atoms with E-state index in [1.54, 1.807) is 6.08 Å². The van der Waals surface area contributed by atoms with E-state index in [-0.39, 0.29) is 5.91 Å². The van der Waals surface area contributed by atoms with Gasteiger partial charge in [0.15, 0.2) is 0 Å². The average Bonchev–Trinajstić information content (AvgIpc) is 2.90. The molecule has 0 bridgehead atoms. The molecule has 0 aromatic carbocycles. The summed E-state index contributed by atoms with van der Waals surface area (Å²) in [6.45, 7) is 8.74. The molecule has 0 unspecified atom stereocenters. The van der Waals surface area contributed by atoms with Crippen molar-refractivity contribution in [2.24, 2.45) is 0 Å². The second-order valence-corrected chi connectivity index (χ2v) is 6.03. The Bertz CT molecular complexity index is 707. The second-order valence-electron chi connectivity index (χ2n) is 5.03. The summed E-state index contributed by atoms with van der Waals surface area (Å²) in [5.74, 6) is 0.804. The number of aromatic nitrogens is 2. The van der Waals surface area contributed by atoms with Crippen LogP contribution in [0.4, 0.5) is 5.82 Å². The third-order valence-corrected chi connectivity index (χ3v) is 4.82. The van der Waals surface area contributed by atoms with Crippen LogP contribution in [0.3, 0.4) is 0 Å². The minimum atomic E-state index is 0.0541. The monoisotopic (exact) mass is 318 g/mol. The van der Waals surface area contributed by atoms with Gasteiger partial charge < -0.3 is 15.0 Å². The Morgan fingerprint density at radius 2 is 2.27 bits per heavy atom. The fraction of sp³-hybridized carbons (Fsp3) is 0.400. The van der Waals surface area contributed by atoms with E-state index in [9.17, 15) is 4.79 Å². The van der Waals surface area contributed by atoms with E-state index in [1.165, 1.54) is 17.7 Å². The molecule has 1 fully saturated rings. The molecule has 0 radical (unpaired) electrons. The van der Waals surface area contributed by atoms with Gasteiger partial charge in [0.2, 0.25) is 0 Å². The van der Waals surface area contributed by atoms with E-state index >= 15 is 0 Å². The van der Waals surface area contributed by atoms with Crippen LogP contribution in [0.15, 0.2) is 19.0 Å². The van der Waals surface area contributed by atoms with Crippen LogP contribution in [0.1, 0.15) is 15.2 Å². The van der Waals surface area contributed by atoms with Crippen molar-refractivity contribution >= 4 is 33.3 Å². The molecule has 7 heteroatoms. The highest BCUT2D eigenvalue weighted by Crippen LogP contribution is 2.34. The highest BCUT2D eigenvalue weighted by molar-refractivity contribution is 7.20. The number of carbonyl (C=O) groups excluding carboxylic acids is 1. The fourth-order valence-electron chi connectivity index (χ4n) is 2.49. The molecule has 1 amide bonds. The Balaban J connectivity index is 1.98. The number of nitrogens with one attached hydrogen (secondary N) is 1. The standard InChI is InChI=1S/C15H18N4O2S/c1-3-4-16-13-11-10(2)12(22-14(11)18-9-17-13)15(20)19-5-7-21-8-6-19/h3,9H,1,4-8H2,2H3,(H,16,17,18). The van der Waals surface area contributed by atoms with E-state index in [1.807, 2.05) is 11.8 Å². The van der Waals surface area contributed by atoms with Crippen molar-refractivity contribution in [2.45, 2.75) is 6.92 Å². The number of nitrogens with zero attached hydrogens (tertiary/aromatic N) is 3. The fourth-order valence-corrected chi connectivity index (χ4v) is 3.61. The summed E-state index contributed by atoms with van der Waals surface area (Å²) in [5.41, 5.74) is 0.934. The molecule has 3 rings (SSSR count). The van der Waals surface area contributed by atoms with Crippen LogP contribution in [0.5, 0.6) is 0 Å². The average molecular weight is 318 g/mol. The smallest absolute Gasteiger partial charge is 0.264 e. The van der Waals surface area contributed by atoms with Crippen LogP contribution in [-0.4, -0.2) is 53.6 Å². The molecule has 0 aliphatic carbocycles. The molecule has 0 spiro atoms. The number of amides is 1. The van der Waals surface area contributed by atoms with E-state index in [0.717, 1.165) is 26.5 Å². The maximum atomic E-state index is 12.7. The van der Waals surface area contributed by atoms with Crippen LogP contribution in [-0.2, 0) is 4.74 Å². The van der Waals surface area contributed by atoms with Gasteiger partial charge in [-0.1, -0.05) is 6.08 Å². The molecule has 0 saturated carbocycles. The lowest BCUT2D eigenvalue weighted by molar-refractivity contribution is 0.0306. The third-order valence-electron chi connectivity index (χ3n) is 3.63. The van der Waals surface area contributed by atoms with E-state index in [4.69, 9.17) is 4.74 Å². The number of morpholine rings is 1. The molecule has 6 nitrogen and oxygen atoms in total. The van der Waals surface area contributed by atoms with Crippen LogP contribution < -0.4 is 5.32 Å². The third kappa shape index (κ3) is 2.69. The second kappa shape index (κ2) is 6.41. The van der Waals surface area contributed by atoms with Gasteiger partial charge in [0, 0.05) is 19.6 Å². The maximum Gasteiger partial charge on any atom is 0.264 e. The zero-order chi connectivity index (χ0) is 15.5. The first-order valence-electron chi connectivity index (χ1n) is 7.18. The number of aryl methyl sites for hydroxylation is 1. The lowest BCUT2D eigenvalue weighted by atomic mass is 10.2. The Morgan fingerprint density at radius 3 is 3.00 bits per heavy atom. The summed E-state index contributed by atoms with van der Waals surface area (Å²) >= 11 is 1.42. The van der Waals surface area contributed by atoms with Crippen LogP contribution in [0.25, 0.3) is 10.2 Å². The number of carbonyl (C=O) groups is 1. The van der Waals surface area contributed by atoms with Gasteiger partial charge in [0.25, 0.3) is 5.91 Å². The summed E-state index contributed by atoms with van der Waals surface area (Å²) in [4.78, 5) is 24.7. The van der Waals surface area contributed by atoms with Crippen LogP contribution in [0.2, 0.25) is 0 Å². The van der Waals surface area contributed by atoms with E-state index in [0.29, 0.717) is 32.8 Å². The number of hydrogen-bond donors (Lipinski definition) is 1. The zero-order valence-corrected chi connectivity index (χ0v) is 13.3. The number of hydrogen-bond acceptors (Lipinski definition) is 6. The normalized spacial score (nSPS) is 15.0. The van der Waals surface area contributed by atoms with Gasteiger partial charge in [-0.3, -0.25) is 4.79 Å². The molecule has 2 aromatic rings. The van der Waals surface area contributed by atoms with Crippen molar-refractivity contribution < 1.29 is 9.53 Å². The van der Waals surface area contributed by atoms with Gasteiger partial charge in [0.1, 0.15) is 17.0 Å². The van der Waals surface area contributed by atoms with Gasteiger partial charge in [0.05, 0.1) is 23.5 Å². The SMILES string of the molecule is C=CCNc1ncnc2sc(C(=O)N3CCOCC3)c(C)c12. The Morgan fingerprint density at radius 1 is 1.50 bits per heavy atom. The van der Waals surface area contributed by atoms with Gasteiger partial charge in [-0.15, -0.1) is 17.9 Å².